The molecular formula is C14H15ClFNO. The van der Waals surface area contributed by atoms with E-state index in [2.05, 4.69) is 5.32 Å². The van der Waals surface area contributed by atoms with E-state index in [0.29, 0.717) is 17.6 Å². The van der Waals surface area contributed by atoms with Crippen molar-refractivity contribution in [3.8, 4) is 0 Å². The molecule has 2 nitrogen and oxygen atoms in total. The largest absolute Gasteiger partial charge is 0.310 e. The molecule has 3 rings (SSSR count). The molecule has 2 aliphatic rings. The summed E-state index contributed by atoms with van der Waals surface area (Å²) in [4.78, 5) is 12.2. The van der Waals surface area contributed by atoms with E-state index in [1.165, 1.54) is 12.5 Å². The molecule has 0 amide bonds. The SMILES string of the molecule is O=C(Cc1cccc(F)c1Cl)C1CC2CCC1N2. The fourth-order valence-corrected chi connectivity index (χ4v) is 3.38. The monoisotopic (exact) mass is 267 g/mol. The summed E-state index contributed by atoms with van der Waals surface area (Å²) in [6, 6.07) is 5.48. The van der Waals surface area contributed by atoms with E-state index >= 15 is 0 Å². The second-order valence-corrected chi connectivity index (χ2v) is 5.62. The molecule has 2 saturated heterocycles. The Hall–Kier alpha value is -0.930. The third-order valence-electron chi connectivity index (χ3n) is 4.11. The summed E-state index contributed by atoms with van der Waals surface area (Å²) in [6.07, 6.45) is 3.43. The van der Waals surface area contributed by atoms with Crippen LogP contribution in [0.2, 0.25) is 5.02 Å². The Morgan fingerprint density at radius 1 is 1.44 bits per heavy atom. The first kappa shape index (κ1) is 12.1. The Kier molecular flexibility index (Phi) is 3.12. The molecule has 2 heterocycles. The summed E-state index contributed by atoms with van der Waals surface area (Å²) in [7, 11) is 0. The molecule has 18 heavy (non-hydrogen) atoms. The first-order valence-electron chi connectivity index (χ1n) is 6.37. The minimum Gasteiger partial charge on any atom is -0.310 e. The maximum absolute atomic E-state index is 13.3. The van der Waals surface area contributed by atoms with Crippen LogP contribution in [-0.2, 0) is 11.2 Å². The van der Waals surface area contributed by atoms with Crippen molar-refractivity contribution >= 4 is 17.4 Å². The van der Waals surface area contributed by atoms with Crippen LogP contribution in [0.4, 0.5) is 4.39 Å². The summed E-state index contributed by atoms with van der Waals surface area (Å²) in [6.45, 7) is 0. The molecule has 2 fully saturated rings. The highest BCUT2D eigenvalue weighted by atomic mass is 35.5. The molecule has 0 aliphatic carbocycles. The molecule has 1 N–H and O–H groups in total. The van der Waals surface area contributed by atoms with Gasteiger partial charge in [-0.3, -0.25) is 4.79 Å². The summed E-state index contributed by atoms with van der Waals surface area (Å²) in [5.74, 6) is -0.182. The fraction of sp³-hybridized carbons (Fsp3) is 0.500. The van der Waals surface area contributed by atoms with E-state index in [9.17, 15) is 9.18 Å². The van der Waals surface area contributed by atoms with Crippen LogP contribution in [0.15, 0.2) is 18.2 Å². The average molecular weight is 268 g/mol. The number of ketones is 1. The van der Waals surface area contributed by atoms with Crippen molar-refractivity contribution in [2.45, 2.75) is 37.8 Å². The van der Waals surface area contributed by atoms with Gasteiger partial charge in [0.25, 0.3) is 0 Å². The average Bonchev–Trinajstić information content (AvgIpc) is 2.97. The van der Waals surface area contributed by atoms with Gasteiger partial charge in [0, 0.05) is 24.4 Å². The highest BCUT2D eigenvalue weighted by molar-refractivity contribution is 6.31. The lowest BCUT2D eigenvalue weighted by atomic mass is 9.84. The van der Waals surface area contributed by atoms with Gasteiger partial charge in [0.2, 0.25) is 0 Å². The van der Waals surface area contributed by atoms with Gasteiger partial charge in [-0.1, -0.05) is 23.7 Å². The van der Waals surface area contributed by atoms with Gasteiger partial charge < -0.3 is 5.32 Å². The standard InChI is InChI=1S/C14H15ClFNO/c15-14-8(2-1-3-11(14)16)6-13(18)10-7-9-4-5-12(10)17-9/h1-3,9-10,12,17H,4-7H2. The van der Waals surface area contributed by atoms with Gasteiger partial charge in [0.15, 0.2) is 0 Å². The lowest BCUT2D eigenvalue weighted by Crippen LogP contribution is -2.29. The predicted octanol–water partition coefficient (Wildman–Crippen LogP) is 2.73. The molecule has 1 aromatic carbocycles. The molecule has 0 spiro atoms. The van der Waals surface area contributed by atoms with Crippen LogP contribution in [0.3, 0.4) is 0 Å². The maximum atomic E-state index is 13.3. The van der Waals surface area contributed by atoms with E-state index in [1.807, 2.05) is 0 Å². The van der Waals surface area contributed by atoms with Crippen LogP contribution < -0.4 is 5.32 Å². The smallest absolute Gasteiger partial charge is 0.142 e. The Labute approximate surface area is 111 Å². The second kappa shape index (κ2) is 4.63. The number of benzene rings is 1. The summed E-state index contributed by atoms with van der Waals surface area (Å²) in [5.41, 5.74) is 0.601. The van der Waals surface area contributed by atoms with E-state index in [0.717, 1.165) is 12.8 Å². The van der Waals surface area contributed by atoms with Crippen molar-refractivity contribution in [2.75, 3.05) is 0 Å². The quantitative estimate of drug-likeness (QED) is 0.912. The molecule has 3 atom stereocenters. The number of rotatable bonds is 3. The lowest BCUT2D eigenvalue weighted by Gasteiger charge is -2.19. The van der Waals surface area contributed by atoms with Crippen LogP contribution in [0.25, 0.3) is 0 Å². The van der Waals surface area contributed by atoms with Gasteiger partial charge in [-0.25, -0.2) is 4.39 Å². The number of carbonyl (C=O) groups excluding carboxylic acids is 1. The molecule has 0 radical (unpaired) electrons. The van der Waals surface area contributed by atoms with Crippen LogP contribution in [0.1, 0.15) is 24.8 Å². The van der Waals surface area contributed by atoms with Crippen molar-refractivity contribution in [3.63, 3.8) is 0 Å². The minimum atomic E-state index is -0.451. The number of Topliss-reactive ketones (excluding diaryl/α,β-unsaturated/α-hetero) is 1. The van der Waals surface area contributed by atoms with Crippen LogP contribution in [-0.4, -0.2) is 17.9 Å². The molecule has 2 aliphatic heterocycles. The number of carbonyl (C=O) groups is 1. The van der Waals surface area contributed by atoms with Crippen molar-refractivity contribution in [1.82, 2.24) is 5.32 Å². The van der Waals surface area contributed by atoms with Gasteiger partial charge in [-0.2, -0.15) is 0 Å². The van der Waals surface area contributed by atoms with Crippen LogP contribution in [0.5, 0.6) is 0 Å². The van der Waals surface area contributed by atoms with E-state index in [-0.39, 0.29) is 23.1 Å². The van der Waals surface area contributed by atoms with Crippen LogP contribution >= 0.6 is 11.6 Å². The van der Waals surface area contributed by atoms with E-state index in [1.54, 1.807) is 12.1 Å². The van der Waals surface area contributed by atoms with Crippen molar-refractivity contribution in [1.29, 1.82) is 0 Å². The summed E-state index contributed by atoms with van der Waals surface area (Å²) >= 11 is 5.88. The Morgan fingerprint density at radius 3 is 2.94 bits per heavy atom. The van der Waals surface area contributed by atoms with E-state index < -0.39 is 5.82 Å². The number of hydrogen-bond donors (Lipinski definition) is 1. The Morgan fingerprint density at radius 2 is 2.28 bits per heavy atom. The molecule has 96 valence electrons. The summed E-state index contributed by atoms with van der Waals surface area (Å²) < 4.78 is 13.3. The second-order valence-electron chi connectivity index (χ2n) is 5.25. The Bertz CT molecular complexity index is 491. The van der Waals surface area contributed by atoms with Gasteiger partial charge in [0.05, 0.1) is 5.02 Å². The zero-order valence-corrected chi connectivity index (χ0v) is 10.7. The van der Waals surface area contributed by atoms with Crippen molar-refractivity contribution in [2.24, 2.45) is 5.92 Å². The molecule has 2 bridgehead atoms. The third kappa shape index (κ3) is 2.06. The van der Waals surface area contributed by atoms with Gasteiger partial charge >= 0.3 is 0 Å². The first-order valence-corrected chi connectivity index (χ1v) is 6.74. The van der Waals surface area contributed by atoms with Gasteiger partial charge in [-0.15, -0.1) is 0 Å². The van der Waals surface area contributed by atoms with Gasteiger partial charge in [0.1, 0.15) is 11.6 Å². The minimum absolute atomic E-state index is 0.0852. The molecule has 0 saturated carbocycles. The topological polar surface area (TPSA) is 29.1 Å². The lowest BCUT2D eigenvalue weighted by molar-refractivity contribution is -0.122. The molecule has 3 unspecified atom stereocenters. The fourth-order valence-electron chi connectivity index (χ4n) is 3.18. The number of hydrogen-bond acceptors (Lipinski definition) is 2. The highest BCUT2D eigenvalue weighted by Crippen LogP contribution is 2.34. The summed E-state index contributed by atoms with van der Waals surface area (Å²) in [5, 5.41) is 3.53. The number of nitrogens with one attached hydrogen (secondary N) is 1. The third-order valence-corrected chi connectivity index (χ3v) is 4.53. The predicted molar refractivity (Wildman–Crippen MR) is 68.2 cm³/mol. The Balaban J connectivity index is 1.73. The zero-order chi connectivity index (χ0) is 12.7. The van der Waals surface area contributed by atoms with E-state index in [4.69, 9.17) is 11.6 Å². The maximum Gasteiger partial charge on any atom is 0.142 e. The highest BCUT2D eigenvalue weighted by Gasteiger charge is 2.42. The molecule has 1 aromatic rings. The van der Waals surface area contributed by atoms with Gasteiger partial charge in [-0.05, 0) is 30.9 Å². The van der Waals surface area contributed by atoms with Crippen molar-refractivity contribution < 1.29 is 9.18 Å². The first-order chi connectivity index (χ1) is 8.65. The molecular weight excluding hydrogens is 253 g/mol. The van der Waals surface area contributed by atoms with Crippen molar-refractivity contribution in [3.05, 3.63) is 34.6 Å². The molecule has 4 heteroatoms. The molecule has 0 aromatic heterocycles. The van der Waals surface area contributed by atoms with Crippen LogP contribution in [0, 0.1) is 11.7 Å². The normalized spacial score (nSPS) is 29.8. The number of fused-ring (bicyclic) bond motifs is 2. The zero-order valence-electron chi connectivity index (χ0n) is 9.96. The number of halogens is 2.